The van der Waals surface area contributed by atoms with E-state index in [4.69, 9.17) is 5.73 Å². The van der Waals surface area contributed by atoms with Gasteiger partial charge in [-0.15, -0.1) is 0 Å². The summed E-state index contributed by atoms with van der Waals surface area (Å²) in [7, 11) is 0. The summed E-state index contributed by atoms with van der Waals surface area (Å²) in [6.07, 6.45) is 4.91. The highest BCUT2D eigenvalue weighted by Crippen LogP contribution is 2.41. The number of anilines is 1. The standard InChI is InChI=1S/C14H19BrN2/c1-9-2-5-13(15)14(6-9)17-11-3-4-12(17)8-10(16)7-11/h2,5-6,10-12H,3-4,7-8,16H2,1H3. The summed E-state index contributed by atoms with van der Waals surface area (Å²) in [6, 6.07) is 8.34. The van der Waals surface area contributed by atoms with Crippen molar-refractivity contribution in [3.05, 3.63) is 28.2 Å². The minimum absolute atomic E-state index is 0.410. The van der Waals surface area contributed by atoms with Crippen LogP contribution in [0, 0.1) is 6.92 Å². The highest BCUT2D eigenvalue weighted by atomic mass is 79.9. The molecule has 3 rings (SSSR count). The minimum Gasteiger partial charge on any atom is -0.365 e. The Morgan fingerprint density at radius 1 is 1.24 bits per heavy atom. The number of nitrogens with two attached hydrogens (primary N) is 1. The third-order valence-electron chi connectivity index (χ3n) is 4.15. The first-order valence-electron chi connectivity index (χ1n) is 6.45. The first-order valence-corrected chi connectivity index (χ1v) is 7.24. The molecule has 2 heterocycles. The molecule has 0 amide bonds. The largest absolute Gasteiger partial charge is 0.365 e. The van der Waals surface area contributed by atoms with Gasteiger partial charge in [-0.05, 0) is 66.2 Å². The van der Waals surface area contributed by atoms with E-state index in [2.05, 4.69) is 46.0 Å². The predicted molar refractivity (Wildman–Crippen MR) is 75.4 cm³/mol. The molecule has 92 valence electrons. The number of benzene rings is 1. The third-order valence-corrected chi connectivity index (χ3v) is 4.82. The molecule has 0 spiro atoms. The summed E-state index contributed by atoms with van der Waals surface area (Å²) in [6.45, 7) is 2.16. The second-order valence-corrected chi connectivity index (χ2v) is 6.33. The van der Waals surface area contributed by atoms with Crippen molar-refractivity contribution in [2.75, 3.05) is 4.90 Å². The third kappa shape index (κ3) is 2.00. The fourth-order valence-electron chi connectivity index (χ4n) is 3.43. The molecule has 3 heteroatoms. The fourth-order valence-corrected chi connectivity index (χ4v) is 3.88. The average molecular weight is 295 g/mol. The fraction of sp³-hybridized carbons (Fsp3) is 0.571. The van der Waals surface area contributed by atoms with E-state index in [1.165, 1.54) is 28.6 Å². The van der Waals surface area contributed by atoms with Gasteiger partial charge in [-0.25, -0.2) is 0 Å². The molecule has 0 saturated carbocycles. The maximum absolute atomic E-state index is 6.13. The number of fused-ring (bicyclic) bond motifs is 2. The van der Waals surface area contributed by atoms with Crippen LogP contribution >= 0.6 is 15.9 Å². The predicted octanol–water partition coefficient (Wildman–Crippen LogP) is 3.22. The van der Waals surface area contributed by atoms with E-state index < -0.39 is 0 Å². The van der Waals surface area contributed by atoms with E-state index in [1.54, 1.807) is 0 Å². The van der Waals surface area contributed by atoms with Gasteiger partial charge in [0.05, 0.1) is 5.69 Å². The van der Waals surface area contributed by atoms with Gasteiger partial charge >= 0.3 is 0 Å². The molecule has 2 fully saturated rings. The van der Waals surface area contributed by atoms with Crippen molar-refractivity contribution in [3.63, 3.8) is 0 Å². The van der Waals surface area contributed by atoms with E-state index >= 15 is 0 Å². The maximum Gasteiger partial charge on any atom is 0.0518 e. The SMILES string of the molecule is Cc1ccc(Br)c(N2C3CCC2CC(N)C3)c1. The van der Waals surface area contributed by atoms with Crippen LogP contribution in [0.2, 0.25) is 0 Å². The zero-order valence-electron chi connectivity index (χ0n) is 10.2. The molecule has 2 nitrogen and oxygen atoms in total. The normalized spacial score (nSPS) is 31.9. The Kier molecular flexibility index (Phi) is 2.91. The topological polar surface area (TPSA) is 29.3 Å². The first-order chi connectivity index (χ1) is 8.15. The van der Waals surface area contributed by atoms with Crippen LogP contribution in [0.3, 0.4) is 0 Å². The van der Waals surface area contributed by atoms with Gasteiger partial charge in [0.15, 0.2) is 0 Å². The van der Waals surface area contributed by atoms with E-state index in [1.807, 2.05) is 0 Å². The van der Waals surface area contributed by atoms with Gasteiger partial charge < -0.3 is 10.6 Å². The summed E-state index contributed by atoms with van der Waals surface area (Å²) in [5.74, 6) is 0. The molecule has 1 aromatic carbocycles. The Hall–Kier alpha value is -0.540. The van der Waals surface area contributed by atoms with E-state index in [0.29, 0.717) is 18.1 Å². The van der Waals surface area contributed by atoms with Crippen LogP contribution in [0.1, 0.15) is 31.2 Å². The lowest BCUT2D eigenvalue weighted by molar-refractivity contribution is 0.414. The number of aryl methyl sites for hydroxylation is 1. The van der Waals surface area contributed by atoms with Crippen LogP contribution in [-0.2, 0) is 0 Å². The number of piperidine rings is 1. The monoisotopic (exact) mass is 294 g/mol. The highest BCUT2D eigenvalue weighted by molar-refractivity contribution is 9.10. The number of hydrogen-bond donors (Lipinski definition) is 1. The molecule has 2 aliphatic rings. The van der Waals surface area contributed by atoms with Crippen LogP contribution in [0.15, 0.2) is 22.7 Å². The maximum atomic E-state index is 6.13. The van der Waals surface area contributed by atoms with Crippen molar-refractivity contribution in [2.24, 2.45) is 5.73 Å². The number of halogens is 1. The van der Waals surface area contributed by atoms with E-state index in [9.17, 15) is 0 Å². The molecule has 0 radical (unpaired) electrons. The molecular weight excluding hydrogens is 276 g/mol. The summed E-state index contributed by atoms with van der Waals surface area (Å²) in [4.78, 5) is 2.61. The molecule has 17 heavy (non-hydrogen) atoms. The zero-order valence-corrected chi connectivity index (χ0v) is 11.8. The van der Waals surface area contributed by atoms with Crippen molar-refractivity contribution in [1.29, 1.82) is 0 Å². The summed E-state index contributed by atoms with van der Waals surface area (Å²) in [5, 5.41) is 0. The lowest BCUT2D eigenvalue weighted by Crippen LogP contribution is -2.47. The molecule has 1 aromatic rings. The Morgan fingerprint density at radius 3 is 2.53 bits per heavy atom. The van der Waals surface area contributed by atoms with Gasteiger partial charge in [-0.2, -0.15) is 0 Å². The smallest absolute Gasteiger partial charge is 0.0518 e. The summed E-state index contributed by atoms with van der Waals surface area (Å²) in [5.41, 5.74) is 8.82. The second-order valence-electron chi connectivity index (χ2n) is 5.48. The first kappa shape index (κ1) is 11.5. The molecule has 2 aliphatic heterocycles. The van der Waals surface area contributed by atoms with E-state index in [0.717, 1.165) is 12.8 Å². The van der Waals surface area contributed by atoms with Crippen molar-refractivity contribution in [3.8, 4) is 0 Å². The molecule has 0 aromatic heterocycles. The van der Waals surface area contributed by atoms with Crippen LogP contribution in [-0.4, -0.2) is 18.1 Å². The molecule has 2 unspecified atom stereocenters. The quantitative estimate of drug-likeness (QED) is 0.862. The molecule has 2 bridgehead atoms. The lowest BCUT2D eigenvalue weighted by Gasteiger charge is -2.40. The van der Waals surface area contributed by atoms with Crippen LogP contribution in [0.25, 0.3) is 0 Å². The van der Waals surface area contributed by atoms with Crippen LogP contribution in [0.4, 0.5) is 5.69 Å². The van der Waals surface area contributed by atoms with Crippen molar-refractivity contribution in [1.82, 2.24) is 0 Å². The summed E-state index contributed by atoms with van der Waals surface area (Å²) >= 11 is 3.69. The minimum atomic E-state index is 0.410. The lowest BCUT2D eigenvalue weighted by atomic mass is 9.97. The van der Waals surface area contributed by atoms with Gasteiger partial charge in [-0.1, -0.05) is 6.07 Å². The van der Waals surface area contributed by atoms with Crippen molar-refractivity contribution in [2.45, 2.75) is 50.7 Å². The van der Waals surface area contributed by atoms with Crippen LogP contribution < -0.4 is 10.6 Å². The number of nitrogens with zero attached hydrogens (tertiary/aromatic N) is 1. The number of hydrogen-bond acceptors (Lipinski definition) is 2. The second kappa shape index (κ2) is 4.29. The number of rotatable bonds is 1. The Balaban J connectivity index is 1.97. The average Bonchev–Trinajstić information content (AvgIpc) is 2.54. The van der Waals surface area contributed by atoms with Crippen LogP contribution in [0.5, 0.6) is 0 Å². The van der Waals surface area contributed by atoms with E-state index in [-0.39, 0.29) is 0 Å². The van der Waals surface area contributed by atoms with Gasteiger partial charge in [0.1, 0.15) is 0 Å². The molecular formula is C14H19BrN2. The molecule has 2 N–H and O–H groups in total. The molecule has 2 atom stereocenters. The van der Waals surface area contributed by atoms with Gasteiger partial charge in [0, 0.05) is 22.6 Å². The van der Waals surface area contributed by atoms with Gasteiger partial charge in [0.25, 0.3) is 0 Å². The zero-order chi connectivity index (χ0) is 12.0. The molecule has 2 saturated heterocycles. The van der Waals surface area contributed by atoms with Crippen molar-refractivity contribution >= 4 is 21.6 Å². The summed E-state index contributed by atoms with van der Waals surface area (Å²) < 4.78 is 1.22. The van der Waals surface area contributed by atoms with Gasteiger partial charge in [-0.3, -0.25) is 0 Å². The highest BCUT2D eigenvalue weighted by Gasteiger charge is 2.40. The Bertz CT molecular complexity index is 418. The van der Waals surface area contributed by atoms with Gasteiger partial charge in [0.2, 0.25) is 0 Å². The van der Waals surface area contributed by atoms with Crippen molar-refractivity contribution < 1.29 is 0 Å². The Morgan fingerprint density at radius 2 is 1.88 bits per heavy atom. The Labute approximate surface area is 111 Å². The molecule has 0 aliphatic carbocycles.